The Labute approximate surface area is 120 Å². The van der Waals surface area contributed by atoms with Gasteiger partial charge in [0.2, 0.25) is 5.88 Å². The first-order valence-corrected chi connectivity index (χ1v) is 6.59. The van der Waals surface area contributed by atoms with Crippen LogP contribution >= 0.6 is 0 Å². The molecular weight excluding hydrogens is 266 g/mol. The molecule has 0 bridgehead atoms. The van der Waals surface area contributed by atoms with Crippen molar-refractivity contribution in [3.05, 3.63) is 42.6 Å². The summed E-state index contributed by atoms with van der Waals surface area (Å²) in [6, 6.07) is 5.78. The molecule has 0 amide bonds. The molecule has 4 rings (SSSR count). The number of rotatable bonds is 2. The highest BCUT2D eigenvalue weighted by Gasteiger charge is 2.14. The number of aryl methyl sites for hydroxylation is 1. The van der Waals surface area contributed by atoms with Gasteiger partial charge in [0, 0.05) is 24.0 Å². The Hall–Kier alpha value is -2.89. The number of hydrogen-bond acceptors (Lipinski definition) is 4. The molecule has 1 N–H and O–H groups in total. The molecule has 4 heterocycles. The summed E-state index contributed by atoms with van der Waals surface area (Å²) >= 11 is 0. The molecule has 21 heavy (non-hydrogen) atoms. The smallest absolute Gasteiger partial charge is 0.212 e. The Kier molecular flexibility index (Phi) is 2.44. The normalized spacial score (nSPS) is 11.3. The summed E-state index contributed by atoms with van der Waals surface area (Å²) in [7, 11) is 1.60. The van der Waals surface area contributed by atoms with Crippen LogP contribution < -0.4 is 4.74 Å². The second-order valence-corrected chi connectivity index (χ2v) is 4.79. The van der Waals surface area contributed by atoms with Gasteiger partial charge in [-0.1, -0.05) is 0 Å². The van der Waals surface area contributed by atoms with Crippen molar-refractivity contribution in [3.8, 4) is 17.1 Å². The molecular formula is C15H13N5O. The van der Waals surface area contributed by atoms with E-state index in [4.69, 9.17) is 4.74 Å². The van der Waals surface area contributed by atoms with Crippen molar-refractivity contribution in [2.45, 2.75) is 6.92 Å². The van der Waals surface area contributed by atoms with Crippen molar-refractivity contribution in [2.75, 3.05) is 7.11 Å². The fourth-order valence-corrected chi connectivity index (χ4v) is 2.59. The topological polar surface area (TPSA) is 68.1 Å². The van der Waals surface area contributed by atoms with E-state index in [1.165, 1.54) is 0 Å². The highest BCUT2D eigenvalue weighted by atomic mass is 16.5. The Morgan fingerprint density at radius 1 is 1.10 bits per heavy atom. The van der Waals surface area contributed by atoms with Crippen molar-refractivity contribution < 1.29 is 4.74 Å². The Bertz CT molecular complexity index is 936. The third kappa shape index (κ3) is 1.69. The first-order chi connectivity index (χ1) is 10.3. The lowest BCUT2D eigenvalue weighted by Crippen LogP contribution is -1.91. The van der Waals surface area contributed by atoms with Crippen molar-refractivity contribution >= 4 is 16.7 Å². The molecule has 4 aromatic rings. The lowest BCUT2D eigenvalue weighted by Gasteiger charge is -2.01. The van der Waals surface area contributed by atoms with Gasteiger partial charge in [0.1, 0.15) is 5.82 Å². The number of imidazole rings is 1. The molecule has 6 heteroatoms. The largest absolute Gasteiger partial charge is 0.481 e. The quantitative estimate of drug-likeness (QED) is 0.612. The summed E-state index contributed by atoms with van der Waals surface area (Å²) in [4.78, 5) is 16.5. The minimum Gasteiger partial charge on any atom is -0.481 e. The first kappa shape index (κ1) is 11.9. The van der Waals surface area contributed by atoms with E-state index in [0.29, 0.717) is 5.88 Å². The number of methoxy groups -OCH3 is 1. The summed E-state index contributed by atoms with van der Waals surface area (Å²) in [5.74, 6) is 1.51. The average Bonchev–Trinajstić information content (AvgIpc) is 3.11. The number of nitrogens with one attached hydrogen (secondary N) is 1. The fourth-order valence-electron chi connectivity index (χ4n) is 2.59. The first-order valence-electron chi connectivity index (χ1n) is 6.59. The van der Waals surface area contributed by atoms with Crippen LogP contribution in [-0.2, 0) is 0 Å². The van der Waals surface area contributed by atoms with Crippen LogP contribution in [0.25, 0.3) is 27.9 Å². The van der Waals surface area contributed by atoms with Gasteiger partial charge in [-0.25, -0.2) is 15.0 Å². The zero-order chi connectivity index (χ0) is 14.4. The molecule has 0 aliphatic heterocycles. The van der Waals surface area contributed by atoms with Crippen LogP contribution in [-0.4, -0.2) is 31.4 Å². The average molecular weight is 279 g/mol. The molecule has 6 nitrogen and oxygen atoms in total. The molecule has 0 aliphatic rings. The minimum absolute atomic E-state index is 0.588. The highest BCUT2D eigenvalue weighted by Crippen LogP contribution is 2.27. The van der Waals surface area contributed by atoms with Gasteiger partial charge in [-0.3, -0.25) is 4.40 Å². The van der Waals surface area contributed by atoms with E-state index in [0.717, 1.165) is 33.8 Å². The van der Waals surface area contributed by atoms with Gasteiger partial charge in [0.25, 0.3) is 0 Å². The van der Waals surface area contributed by atoms with E-state index in [1.807, 2.05) is 37.5 Å². The number of hydrogen-bond donors (Lipinski definition) is 1. The number of ether oxygens (including phenoxy) is 1. The summed E-state index contributed by atoms with van der Waals surface area (Å²) in [5.41, 5.74) is 4.65. The molecule has 0 unspecified atom stereocenters. The standard InChI is InChI=1S/C15H13N5O/c1-9-19-14(10-3-4-13(21-2)17-7-10)12-8-18-15-11(20(9)12)5-6-16-15/h3-8,16H,1-2H3. The maximum absolute atomic E-state index is 5.09. The monoisotopic (exact) mass is 279 g/mol. The number of H-pyrrole nitrogens is 1. The third-order valence-corrected chi connectivity index (χ3v) is 3.56. The van der Waals surface area contributed by atoms with Crippen LogP contribution in [0.2, 0.25) is 0 Å². The third-order valence-electron chi connectivity index (χ3n) is 3.56. The number of aromatic amines is 1. The maximum Gasteiger partial charge on any atom is 0.212 e. The van der Waals surface area contributed by atoms with E-state index in [9.17, 15) is 0 Å². The molecule has 0 aliphatic carbocycles. The molecule has 104 valence electrons. The molecule has 0 atom stereocenters. The van der Waals surface area contributed by atoms with Gasteiger partial charge in [-0.2, -0.15) is 0 Å². The van der Waals surface area contributed by atoms with E-state index in [2.05, 4.69) is 24.3 Å². The lowest BCUT2D eigenvalue weighted by atomic mass is 10.2. The molecule has 0 saturated heterocycles. The van der Waals surface area contributed by atoms with Crippen LogP contribution in [0.4, 0.5) is 0 Å². The maximum atomic E-state index is 5.09. The van der Waals surface area contributed by atoms with Gasteiger partial charge in [0.15, 0.2) is 5.65 Å². The zero-order valence-electron chi connectivity index (χ0n) is 11.7. The second-order valence-electron chi connectivity index (χ2n) is 4.79. The lowest BCUT2D eigenvalue weighted by molar-refractivity contribution is 0.398. The zero-order valence-corrected chi connectivity index (χ0v) is 11.7. The summed E-state index contributed by atoms with van der Waals surface area (Å²) in [6.45, 7) is 1.99. The molecule has 0 saturated carbocycles. The Morgan fingerprint density at radius 3 is 2.76 bits per heavy atom. The number of aromatic nitrogens is 5. The minimum atomic E-state index is 0.588. The molecule has 4 aromatic heterocycles. The van der Waals surface area contributed by atoms with Gasteiger partial charge in [-0.05, 0) is 19.1 Å². The fraction of sp³-hybridized carbons (Fsp3) is 0.133. The highest BCUT2D eigenvalue weighted by molar-refractivity contribution is 5.83. The molecule has 0 radical (unpaired) electrons. The van der Waals surface area contributed by atoms with Crippen molar-refractivity contribution in [1.82, 2.24) is 24.3 Å². The van der Waals surface area contributed by atoms with Crippen LogP contribution in [0.5, 0.6) is 5.88 Å². The Balaban J connectivity index is 2.00. The predicted octanol–water partition coefficient (Wildman–Crippen LogP) is 2.59. The number of nitrogens with zero attached hydrogens (tertiary/aromatic N) is 4. The molecule has 0 fully saturated rings. The summed E-state index contributed by atoms with van der Waals surface area (Å²) in [5, 5.41) is 0. The predicted molar refractivity (Wildman–Crippen MR) is 79.4 cm³/mol. The van der Waals surface area contributed by atoms with Crippen LogP contribution in [0.3, 0.4) is 0 Å². The Morgan fingerprint density at radius 2 is 2.00 bits per heavy atom. The second kappa shape index (κ2) is 4.31. The van der Waals surface area contributed by atoms with E-state index >= 15 is 0 Å². The van der Waals surface area contributed by atoms with Crippen LogP contribution in [0.15, 0.2) is 36.8 Å². The summed E-state index contributed by atoms with van der Waals surface area (Å²) < 4.78 is 7.19. The summed E-state index contributed by atoms with van der Waals surface area (Å²) in [6.07, 6.45) is 5.48. The van der Waals surface area contributed by atoms with Crippen LogP contribution in [0, 0.1) is 6.92 Å². The SMILES string of the molecule is COc1ccc(-c2nc(C)n3c2cnc2[nH]ccc23)cn1. The van der Waals surface area contributed by atoms with E-state index in [-0.39, 0.29) is 0 Å². The van der Waals surface area contributed by atoms with Gasteiger partial charge < -0.3 is 9.72 Å². The number of fused-ring (bicyclic) bond motifs is 3. The number of pyridine rings is 1. The molecule has 0 aromatic carbocycles. The van der Waals surface area contributed by atoms with Crippen molar-refractivity contribution in [2.24, 2.45) is 0 Å². The van der Waals surface area contributed by atoms with Crippen molar-refractivity contribution in [1.29, 1.82) is 0 Å². The van der Waals surface area contributed by atoms with Crippen molar-refractivity contribution in [3.63, 3.8) is 0 Å². The van der Waals surface area contributed by atoms with E-state index < -0.39 is 0 Å². The van der Waals surface area contributed by atoms with Gasteiger partial charge >= 0.3 is 0 Å². The molecule has 0 spiro atoms. The van der Waals surface area contributed by atoms with Gasteiger partial charge in [-0.15, -0.1) is 0 Å². The van der Waals surface area contributed by atoms with Gasteiger partial charge in [0.05, 0.1) is 30.0 Å². The van der Waals surface area contributed by atoms with Crippen LogP contribution in [0.1, 0.15) is 5.82 Å². The van der Waals surface area contributed by atoms with E-state index in [1.54, 1.807) is 13.3 Å².